The molecule has 1 atom stereocenters. The number of hydrogen-bond donors (Lipinski definition) is 1. The summed E-state index contributed by atoms with van der Waals surface area (Å²) < 4.78 is 11.0. The summed E-state index contributed by atoms with van der Waals surface area (Å²) >= 11 is 0. The molecule has 0 aliphatic carbocycles. The highest BCUT2D eigenvalue weighted by molar-refractivity contribution is 5.89. The van der Waals surface area contributed by atoms with Crippen LogP contribution in [0.15, 0.2) is 59.1 Å². The summed E-state index contributed by atoms with van der Waals surface area (Å²) in [7, 11) is 0. The van der Waals surface area contributed by atoms with E-state index in [-0.39, 0.29) is 18.6 Å². The summed E-state index contributed by atoms with van der Waals surface area (Å²) in [5, 5.41) is 6.98. The van der Waals surface area contributed by atoms with E-state index in [2.05, 4.69) is 15.5 Å². The number of aryl methyl sites for hydroxylation is 1. The van der Waals surface area contributed by atoms with Crippen LogP contribution in [0.25, 0.3) is 0 Å². The monoisotopic (exact) mass is 378 g/mol. The molecule has 2 heterocycles. The Bertz CT molecular complexity index is 924. The molecule has 0 bridgehead atoms. The Labute approximate surface area is 163 Å². The van der Waals surface area contributed by atoms with Gasteiger partial charge in [-0.15, -0.1) is 0 Å². The lowest BCUT2D eigenvalue weighted by Gasteiger charge is -2.16. The van der Waals surface area contributed by atoms with E-state index in [4.69, 9.17) is 9.26 Å². The Balaban J connectivity index is 1.30. The highest BCUT2D eigenvalue weighted by Crippen LogP contribution is 2.26. The van der Waals surface area contributed by atoms with Gasteiger partial charge in [-0.05, 0) is 37.6 Å². The average Bonchev–Trinajstić information content (AvgIpc) is 3.38. The van der Waals surface area contributed by atoms with Gasteiger partial charge in [-0.2, -0.15) is 4.98 Å². The van der Waals surface area contributed by atoms with Crippen LogP contribution in [0.1, 0.15) is 29.6 Å². The van der Waals surface area contributed by atoms with Crippen molar-refractivity contribution in [3.63, 3.8) is 0 Å². The second-order valence-corrected chi connectivity index (χ2v) is 6.88. The minimum absolute atomic E-state index is 0.0680. The molecular weight excluding hydrogens is 356 g/mol. The molecule has 1 aliphatic rings. The smallest absolute Gasteiger partial charge is 0.321 e. The van der Waals surface area contributed by atoms with Crippen molar-refractivity contribution in [3.8, 4) is 5.75 Å². The number of benzene rings is 2. The molecule has 2 aromatic carbocycles. The number of anilines is 1. The van der Waals surface area contributed by atoms with Gasteiger partial charge in [0.15, 0.2) is 12.4 Å². The number of nitrogens with zero attached hydrogens (tertiary/aromatic N) is 3. The molecule has 1 aliphatic heterocycles. The molecule has 7 heteroatoms. The van der Waals surface area contributed by atoms with Crippen LogP contribution in [0.4, 0.5) is 10.5 Å². The molecule has 1 N–H and O–H groups in total. The van der Waals surface area contributed by atoms with Gasteiger partial charge in [0.1, 0.15) is 5.75 Å². The van der Waals surface area contributed by atoms with Crippen LogP contribution in [0.3, 0.4) is 0 Å². The molecule has 4 rings (SSSR count). The highest BCUT2D eigenvalue weighted by Gasteiger charge is 2.30. The lowest BCUT2D eigenvalue weighted by molar-refractivity contribution is 0.222. The minimum Gasteiger partial charge on any atom is -0.484 e. The summed E-state index contributed by atoms with van der Waals surface area (Å²) in [5.41, 5.74) is 1.96. The van der Waals surface area contributed by atoms with Gasteiger partial charge in [-0.1, -0.05) is 41.1 Å². The Morgan fingerprint density at radius 1 is 1.21 bits per heavy atom. The maximum absolute atomic E-state index is 12.4. The molecule has 3 aromatic rings. The van der Waals surface area contributed by atoms with E-state index in [0.29, 0.717) is 24.8 Å². The molecule has 2 amide bonds. The molecule has 28 heavy (non-hydrogen) atoms. The predicted octanol–water partition coefficient (Wildman–Crippen LogP) is 3.98. The van der Waals surface area contributed by atoms with Crippen LogP contribution in [0.5, 0.6) is 5.75 Å². The third-order valence-corrected chi connectivity index (χ3v) is 4.73. The van der Waals surface area contributed by atoms with E-state index < -0.39 is 0 Å². The molecule has 0 saturated carbocycles. The van der Waals surface area contributed by atoms with Gasteiger partial charge >= 0.3 is 6.03 Å². The maximum Gasteiger partial charge on any atom is 0.321 e. The van der Waals surface area contributed by atoms with Crippen LogP contribution in [0, 0.1) is 6.92 Å². The number of carbonyl (C=O) groups is 1. The van der Waals surface area contributed by atoms with Crippen molar-refractivity contribution in [3.05, 3.63) is 71.9 Å². The zero-order chi connectivity index (χ0) is 19.3. The molecule has 7 nitrogen and oxygen atoms in total. The fourth-order valence-corrected chi connectivity index (χ4v) is 3.15. The number of nitrogens with one attached hydrogen (secondary N) is 1. The number of ether oxygens (including phenoxy) is 1. The second-order valence-electron chi connectivity index (χ2n) is 6.88. The zero-order valence-corrected chi connectivity index (χ0v) is 15.7. The molecule has 1 unspecified atom stereocenters. The lowest BCUT2D eigenvalue weighted by atomic mass is 10.1. The van der Waals surface area contributed by atoms with E-state index in [1.807, 2.05) is 61.5 Å². The number of para-hydroxylation sites is 1. The number of hydrogen-bond acceptors (Lipinski definition) is 5. The number of aromatic nitrogens is 2. The first kappa shape index (κ1) is 18.0. The summed E-state index contributed by atoms with van der Waals surface area (Å²) in [4.78, 5) is 18.6. The third-order valence-electron chi connectivity index (χ3n) is 4.73. The second kappa shape index (κ2) is 8.12. The molecule has 0 radical (unpaired) electrons. The van der Waals surface area contributed by atoms with Crippen molar-refractivity contribution >= 4 is 11.7 Å². The molecule has 0 spiro atoms. The SMILES string of the molecule is Cc1ccc(OCc2nc(C3CCN(C(=O)Nc4ccccc4)C3)no2)cc1. The first-order valence-corrected chi connectivity index (χ1v) is 9.30. The van der Waals surface area contributed by atoms with Gasteiger partial charge in [0.25, 0.3) is 5.89 Å². The minimum atomic E-state index is -0.111. The Kier molecular flexibility index (Phi) is 5.23. The average molecular weight is 378 g/mol. The van der Waals surface area contributed by atoms with Gasteiger partial charge in [-0.25, -0.2) is 4.79 Å². The molecule has 144 valence electrons. The van der Waals surface area contributed by atoms with Crippen LogP contribution in [-0.4, -0.2) is 34.2 Å². The van der Waals surface area contributed by atoms with Gasteiger partial charge < -0.3 is 19.5 Å². The Hall–Kier alpha value is -3.35. The molecular formula is C21H22N4O3. The summed E-state index contributed by atoms with van der Waals surface area (Å²) in [6.45, 7) is 3.48. The lowest BCUT2D eigenvalue weighted by Crippen LogP contribution is -2.32. The maximum atomic E-state index is 12.4. The predicted molar refractivity (Wildman–Crippen MR) is 104 cm³/mol. The van der Waals surface area contributed by atoms with E-state index >= 15 is 0 Å². The standard InChI is InChI=1S/C21H22N4O3/c1-15-7-9-18(10-8-15)27-14-19-23-20(24-28-19)16-11-12-25(13-16)21(26)22-17-5-3-2-4-6-17/h2-10,16H,11-14H2,1H3,(H,22,26). The number of carbonyl (C=O) groups excluding carboxylic acids is 1. The topological polar surface area (TPSA) is 80.5 Å². The zero-order valence-electron chi connectivity index (χ0n) is 15.7. The van der Waals surface area contributed by atoms with E-state index in [0.717, 1.165) is 17.9 Å². The van der Waals surface area contributed by atoms with E-state index in [1.165, 1.54) is 5.56 Å². The molecule has 1 saturated heterocycles. The fourth-order valence-electron chi connectivity index (χ4n) is 3.15. The van der Waals surface area contributed by atoms with E-state index in [9.17, 15) is 4.79 Å². The van der Waals surface area contributed by atoms with Gasteiger partial charge in [0.05, 0.1) is 0 Å². The molecule has 1 fully saturated rings. The first-order valence-electron chi connectivity index (χ1n) is 9.30. The van der Waals surface area contributed by atoms with Crippen molar-refractivity contribution in [1.29, 1.82) is 0 Å². The normalized spacial score (nSPS) is 16.2. The third kappa shape index (κ3) is 4.31. The fraction of sp³-hybridized carbons (Fsp3) is 0.286. The van der Waals surface area contributed by atoms with Crippen molar-refractivity contribution in [1.82, 2.24) is 15.0 Å². The largest absolute Gasteiger partial charge is 0.484 e. The van der Waals surface area contributed by atoms with Gasteiger partial charge in [-0.3, -0.25) is 0 Å². The summed E-state index contributed by atoms with van der Waals surface area (Å²) in [6, 6.07) is 17.1. The Morgan fingerprint density at radius 2 is 2.00 bits per heavy atom. The highest BCUT2D eigenvalue weighted by atomic mass is 16.5. The van der Waals surface area contributed by atoms with Crippen LogP contribution in [-0.2, 0) is 6.61 Å². The molecule has 1 aromatic heterocycles. The Morgan fingerprint density at radius 3 is 2.79 bits per heavy atom. The summed E-state index contributed by atoms with van der Waals surface area (Å²) in [6.07, 6.45) is 0.806. The first-order chi connectivity index (χ1) is 13.7. The quantitative estimate of drug-likeness (QED) is 0.726. The van der Waals surface area contributed by atoms with Crippen LogP contribution in [0.2, 0.25) is 0 Å². The van der Waals surface area contributed by atoms with E-state index in [1.54, 1.807) is 4.90 Å². The summed E-state index contributed by atoms with van der Waals surface area (Å²) in [5.74, 6) is 1.88. The van der Waals surface area contributed by atoms with Gasteiger partial charge in [0.2, 0.25) is 0 Å². The number of likely N-dealkylation sites (tertiary alicyclic amines) is 1. The number of rotatable bonds is 5. The van der Waals surface area contributed by atoms with Crippen molar-refractivity contribution in [2.45, 2.75) is 25.9 Å². The van der Waals surface area contributed by atoms with Gasteiger partial charge in [0, 0.05) is 24.7 Å². The van der Waals surface area contributed by atoms with Crippen LogP contribution < -0.4 is 10.1 Å². The van der Waals surface area contributed by atoms with Crippen molar-refractivity contribution in [2.75, 3.05) is 18.4 Å². The number of amides is 2. The van der Waals surface area contributed by atoms with Crippen molar-refractivity contribution < 1.29 is 14.1 Å². The number of urea groups is 1. The van der Waals surface area contributed by atoms with Crippen LogP contribution >= 0.6 is 0 Å². The van der Waals surface area contributed by atoms with Crippen molar-refractivity contribution in [2.24, 2.45) is 0 Å².